The van der Waals surface area contributed by atoms with Crippen molar-refractivity contribution in [3.63, 3.8) is 0 Å². The van der Waals surface area contributed by atoms with Crippen LogP contribution in [0, 0.1) is 0 Å². The zero-order chi connectivity index (χ0) is 15.5. The van der Waals surface area contributed by atoms with Crippen LogP contribution in [0.15, 0.2) is 29.2 Å². The van der Waals surface area contributed by atoms with E-state index in [4.69, 9.17) is 0 Å². The van der Waals surface area contributed by atoms with Crippen LogP contribution in [0.25, 0.3) is 0 Å². The van der Waals surface area contributed by atoms with Gasteiger partial charge in [0.15, 0.2) is 0 Å². The zero-order valence-electron chi connectivity index (χ0n) is 12.9. The van der Waals surface area contributed by atoms with Crippen molar-refractivity contribution in [2.24, 2.45) is 0 Å². The van der Waals surface area contributed by atoms with E-state index in [0.29, 0.717) is 10.9 Å². The molecule has 0 heterocycles. The minimum absolute atomic E-state index is 0.337. The molecule has 0 aliphatic heterocycles. The third-order valence-corrected chi connectivity index (χ3v) is 6.85. The van der Waals surface area contributed by atoms with Gasteiger partial charge in [-0.3, -0.25) is 0 Å². The number of hydrogen-bond donors (Lipinski definition) is 1. The fourth-order valence-electron chi connectivity index (χ4n) is 2.63. The van der Waals surface area contributed by atoms with Crippen molar-refractivity contribution in [2.75, 3.05) is 25.2 Å². The lowest BCUT2D eigenvalue weighted by Crippen LogP contribution is -2.22. The Bertz CT molecular complexity index is 556. The molecule has 2 atom stereocenters. The van der Waals surface area contributed by atoms with Gasteiger partial charge in [-0.2, -0.15) is 11.8 Å². The molecule has 1 aromatic rings. The normalized spacial score (nSPS) is 22.7. The Balaban J connectivity index is 1.98. The molecule has 0 aromatic heterocycles. The lowest BCUT2D eigenvalue weighted by Gasteiger charge is -2.16. The van der Waals surface area contributed by atoms with E-state index in [2.05, 4.69) is 12.2 Å². The van der Waals surface area contributed by atoms with Crippen molar-refractivity contribution in [1.82, 2.24) is 4.31 Å². The second-order valence-electron chi connectivity index (χ2n) is 5.54. The summed E-state index contributed by atoms with van der Waals surface area (Å²) in [5, 5.41) is 4.28. The number of thioether (sulfide) groups is 1. The van der Waals surface area contributed by atoms with Gasteiger partial charge in [0.2, 0.25) is 10.0 Å². The van der Waals surface area contributed by atoms with Crippen molar-refractivity contribution in [3.05, 3.63) is 24.3 Å². The predicted molar refractivity (Wildman–Crippen MR) is 90.5 cm³/mol. The van der Waals surface area contributed by atoms with Gasteiger partial charge in [0.1, 0.15) is 0 Å². The van der Waals surface area contributed by atoms with E-state index in [1.807, 2.05) is 23.9 Å². The Labute approximate surface area is 132 Å². The third-order valence-electron chi connectivity index (χ3n) is 3.79. The smallest absolute Gasteiger partial charge is 0.242 e. The van der Waals surface area contributed by atoms with Crippen LogP contribution in [0.1, 0.15) is 26.2 Å². The Hall–Kier alpha value is -0.720. The summed E-state index contributed by atoms with van der Waals surface area (Å²) in [6.45, 7) is 2.20. The molecular formula is C15H24N2O2S2. The highest BCUT2D eigenvalue weighted by Gasteiger charge is 2.24. The zero-order valence-corrected chi connectivity index (χ0v) is 14.5. The van der Waals surface area contributed by atoms with Crippen LogP contribution in [-0.2, 0) is 10.0 Å². The van der Waals surface area contributed by atoms with E-state index in [9.17, 15) is 8.42 Å². The van der Waals surface area contributed by atoms with Crippen LogP contribution >= 0.6 is 11.8 Å². The first-order valence-corrected chi connectivity index (χ1v) is 9.83. The molecule has 1 saturated carbocycles. The largest absolute Gasteiger partial charge is 0.382 e. The molecular weight excluding hydrogens is 304 g/mol. The molecule has 0 saturated heterocycles. The molecule has 1 N–H and O–H groups in total. The Kier molecular flexibility index (Phi) is 5.57. The molecule has 0 amide bonds. The van der Waals surface area contributed by atoms with Crippen molar-refractivity contribution >= 4 is 27.5 Å². The fraction of sp³-hybridized carbons (Fsp3) is 0.600. The molecule has 0 bridgehead atoms. The van der Waals surface area contributed by atoms with Gasteiger partial charge in [0.25, 0.3) is 0 Å². The van der Waals surface area contributed by atoms with Gasteiger partial charge in [-0.15, -0.1) is 0 Å². The van der Waals surface area contributed by atoms with Crippen LogP contribution in [0.2, 0.25) is 0 Å². The Morgan fingerprint density at radius 3 is 2.48 bits per heavy atom. The van der Waals surface area contributed by atoms with Gasteiger partial charge >= 0.3 is 0 Å². The predicted octanol–water partition coefficient (Wildman–Crippen LogP) is 3.02. The topological polar surface area (TPSA) is 49.4 Å². The van der Waals surface area contributed by atoms with Gasteiger partial charge in [0.05, 0.1) is 4.90 Å². The van der Waals surface area contributed by atoms with E-state index < -0.39 is 10.0 Å². The number of rotatable bonds is 6. The molecule has 1 aliphatic rings. The number of nitrogens with zero attached hydrogens (tertiary/aromatic N) is 1. The van der Waals surface area contributed by atoms with Gasteiger partial charge in [-0.25, -0.2) is 12.7 Å². The first-order valence-electron chi connectivity index (χ1n) is 7.34. The molecule has 0 spiro atoms. The summed E-state index contributed by atoms with van der Waals surface area (Å²) < 4.78 is 25.2. The summed E-state index contributed by atoms with van der Waals surface area (Å²) in [5.74, 6) is 1.18. The van der Waals surface area contributed by atoms with E-state index >= 15 is 0 Å². The maximum Gasteiger partial charge on any atom is 0.242 e. The SMILES string of the molecule is CCSC1CCC(Nc2ccc(S(=O)(=O)N(C)C)cc2)C1. The fourth-order valence-corrected chi connectivity index (χ4v) is 4.67. The van der Waals surface area contributed by atoms with E-state index in [1.54, 1.807) is 26.2 Å². The van der Waals surface area contributed by atoms with Crippen molar-refractivity contribution < 1.29 is 8.42 Å². The molecule has 1 aromatic carbocycles. The van der Waals surface area contributed by atoms with Crippen molar-refractivity contribution in [3.8, 4) is 0 Å². The lowest BCUT2D eigenvalue weighted by atomic mass is 10.2. The van der Waals surface area contributed by atoms with Crippen molar-refractivity contribution in [1.29, 1.82) is 0 Å². The van der Waals surface area contributed by atoms with E-state index in [1.165, 1.54) is 29.3 Å². The highest BCUT2D eigenvalue weighted by molar-refractivity contribution is 7.99. The molecule has 21 heavy (non-hydrogen) atoms. The first kappa shape index (κ1) is 16.6. The summed E-state index contributed by atoms with van der Waals surface area (Å²) >= 11 is 2.04. The number of hydrogen-bond acceptors (Lipinski definition) is 4. The summed E-state index contributed by atoms with van der Waals surface area (Å²) in [6.07, 6.45) is 3.65. The lowest BCUT2D eigenvalue weighted by molar-refractivity contribution is 0.521. The van der Waals surface area contributed by atoms with E-state index in [-0.39, 0.29) is 0 Å². The molecule has 6 heteroatoms. The minimum Gasteiger partial charge on any atom is -0.382 e. The molecule has 4 nitrogen and oxygen atoms in total. The number of sulfonamides is 1. The van der Waals surface area contributed by atoms with Crippen molar-refractivity contribution in [2.45, 2.75) is 42.4 Å². The second-order valence-corrected chi connectivity index (χ2v) is 9.27. The van der Waals surface area contributed by atoms with Crippen LogP contribution in [0.4, 0.5) is 5.69 Å². The quantitative estimate of drug-likeness (QED) is 0.872. The van der Waals surface area contributed by atoms with E-state index in [0.717, 1.165) is 10.9 Å². The Morgan fingerprint density at radius 1 is 1.24 bits per heavy atom. The summed E-state index contributed by atoms with van der Waals surface area (Å²) in [4.78, 5) is 0.337. The monoisotopic (exact) mass is 328 g/mol. The summed E-state index contributed by atoms with van der Waals surface area (Å²) in [7, 11) is -0.240. The summed E-state index contributed by atoms with van der Waals surface area (Å²) in [5.41, 5.74) is 1.000. The Morgan fingerprint density at radius 2 is 1.90 bits per heavy atom. The van der Waals surface area contributed by atoms with Gasteiger partial charge < -0.3 is 5.32 Å². The molecule has 118 valence electrons. The first-order chi connectivity index (χ1) is 9.93. The number of benzene rings is 1. The molecule has 2 unspecified atom stereocenters. The van der Waals surface area contributed by atoms with Crippen LogP contribution < -0.4 is 5.32 Å². The van der Waals surface area contributed by atoms with Crippen LogP contribution in [0.3, 0.4) is 0 Å². The molecule has 1 fully saturated rings. The second kappa shape index (κ2) is 7.03. The maximum atomic E-state index is 12.0. The molecule has 0 radical (unpaired) electrons. The minimum atomic E-state index is -3.33. The van der Waals surface area contributed by atoms with Crippen LogP contribution in [-0.4, -0.2) is 43.9 Å². The summed E-state index contributed by atoms with van der Waals surface area (Å²) in [6, 6.07) is 7.56. The highest BCUT2D eigenvalue weighted by atomic mass is 32.2. The molecule has 2 rings (SSSR count). The third kappa shape index (κ3) is 4.14. The standard InChI is InChI=1S/C15H24N2O2S2/c1-4-20-14-8-5-13(11-14)16-12-6-9-15(10-7-12)21(18,19)17(2)3/h6-7,9-10,13-14,16H,4-5,8,11H2,1-3H3. The molecule has 1 aliphatic carbocycles. The average Bonchev–Trinajstić information content (AvgIpc) is 2.87. The maximum absolute atomic E-state index is 12.0. The highest BCUT2D eigenvalue weighted by Crippen LogP contribution is 2.31. The van der Waals surface area contributed by atoms with Gasteiger partial charge in [-0.1, -0.05) is 6.92 Å². The van der Waals surface area contributed by atoms with Gasteiger partial charge in [0, 0.05) is 31.1 Å². The average molecular weight is 329 g/mol. The number of nitrogens with one attached hydrogen (secondary N) is 1. The number of anilines is 1. The van der Waals surface area contributed by atoms with Gasteiger partial charge in [-0.05, 0) is 49.3 Å². The van der Waals surface area contributed by atoms with Crippen LogP contribution in [0.5, 0.6) is 0 Å².